The van der Waals surface area contributed by atoms with Gasteiger partial charge >= 0.3 is 6.01 Å². The molecule has 0 unspecified atom stereocenters. The summed E-state index contributed by atoms with van der Waals surface area (Å²) in [7, 11) is 0. The van der Waals surface area contributed by atoms with Gasteiger partial charge in [0, 0.05) is 10.0 Å². The number of amides is 1. The number of aromatic nitrogens is 1. The van der Waals surface area contributed by atoms with Gasteiger partial charge in [0.15, 0.2) is 12.2 Å². The topological polar surface area (TPSA) is 64.4 Å². The molecule has 0 aliphatic carbocycles. The maximum atomic E-state index is 11.9. The smallest absolute Gasteiger partial charge is 0.302 e. The van der Waals surface area contributed by atoms with Crippen molar-refractivity contribution in [1.82, 2.24) is 4.98 Å². The molecule has 1 heterocycles. The maximum absolute atomic E-state index is 11.9. The van der Waals surface area contributed by atoms with E-state index in [2.05, 4.69) is 10.3 Å². The molecule has 0 saturated heterocycles. The van der Waals surface area contributed by atoms with Crippen LogP contribution in [0.1, 0.15) is 5.56 Å². The number of benzene rings is 2. The summed E-state index contributed by atoms with van der Waals surface area (Å²) in [6, 6.07) is 10.3. The van der Waals surface area contributed by atoms with E-state index >= 15 is 0 Å². The van der Waals surface area contributed by atoms with E-state index in [9.17, 15) is 4.79 Å². The van der Waals surface area contributed by atoms with E-state index in [-0.39, 0.29) is 18.5 Å². The van der Waals surface area contributed by atoms with Crippen LogP contribution in [0.3, 0.4) is 0 Å². The number of fused-ring (bicyclic) bond motifs is 1. The molecular formula is C16H12Cl2N2O3. The second-order valence-corrected chi connectivity index (χ2v) is 5.75. The monoisotopic (exact) mass is 350 g/mol. The zero-order chi connectivity index (χ0) is 16.4. The summed E-state index contributed by atoms with van der Waals surface area (Å²) in [5.41, 5.74) is 1.96. The molecule has 3 rings (SSSR count). The first-order valence-corrected chi connectivity index (χ1v) is 7.52. The van der Waals surface area contributed by atoms with Crippen LogP contribution in [-0.4, -0.2) is 17.5 Å². The number of carbonyl (C=O) groups is 1. The summed E-state index contributed by atoms with van der Waals surface area (Å²) in [6.07, 6.45) is 0. The molecule has 0 spiro atoms. The average molecular weight is 351 g/mol. The number of nitrogens with zero attached hydrogens (tertiary/aromatic N) is 1. The zero-order valence-corrected chi connectivity index (χ0v) is 13.6. The van der Waals surface area contributed by atoms with Crippen LogP contribution in [0.2, 0.25) is 10.0 Å². The fourth-order valence-corrected chi connectivity index (χ4v) is 2.42. The highest BCUT2D eigenvalue weighted by Crippen LogP contribution is 2.23. The van der Waals surface area contributed by atoms with Gasteiger partial charge in [-0.05, 0) is 48.9 Å². The van der Waals surface area contributed by atoms with Gasteiger partial charge in [-0.1, -0.05) is 23.2 Å². The summed E-state index contributed by atoms with van der Waals surface area (Å²) in [5, 5.41) is 3.70. The Hall–Kier alpha value is -2.24. The lowest BCUT2D eigenvalue weighted by Crippen LogP contribution is -2.20. The second-order valence-electron chi connectivity index (χ2n) is 4.88. The molecule has 1 aromatic heterocycles. The largest absolute Gasteiger partial charge is 0.483 e. The number of hydrogen-bond acceptors (Lipinski definition) is 4. The zero-order valence-electron chi connectivity index (χ0n) is 12.1. The Morgan fingerprint density at radius 1 is 1.22 bits per heavy atom. The van der Waals surface area contributed by atoms with Crippen molar-refractivity contribution in [2.45, 2.75) is 6.92 Å². The first-order valence-electron chi connectivity index (χ1n) is 6.76. The van der Waals surface area contributed by atoms with Gasteiger partial charge in [0.25, 0.3) is 5.91 Å². The van der Waals surface area contributed by atoms with Gasteiger partial charge in [-0.3, -0.25) is 10.1 Å². The lowest BCUT2D eigenvalue weighted by Gasteiger charge is -2.08. The van der Waals surface area contributed by atoms with Gasteiger partial charge in [0.2, 0.25) is 0 Å². The minimum absolute atomic E-state index is 0.101. The molecular weight excluding hydrogens is 339 g/mol. The highest BCUT2D eigenvalue weighted by Gasteiger charge is 2.11. The van der Waals surface area contributed by atoms with Crippen LogP contribution in [-0.2, 0) is 4.79 Å². The van der Waals surface area contributed by atoms with Crippen molar-refractivity contribution in [3.05, 3.63) is 52.0 Å². The predicted octanol–water partition coefficient (Wildman–Crippen LogP) is 4.46. The van der Waals surface area contributed by atoms with Crippen LogP contribution in [0, 0.1) is 6.92 Å². The van der Waals surface area contributed by atoms with Crippen LogP contribution in [0.5, 0.6) is 5.75 Å². The highest BCUT2D eigenvalue weighted by molar-refractivity contribution is 6.31. The fraction of sp³-hybridized carbons (Fsp3) is 0.125. The molecule has 0 saturated carbocycles. The van der Waals surface area contributed by atoms with Gasteiger partial charge in [0.05, 0.1) is 0 Å². The Bertz CT molecular complexity index is 877. The molecule has 0 aliphatic rings. The molecule has 0 radical (unpaired) electrons. The third kappa shape index (κ3) is 3.75. The Labute approximate surface area is 142 Å². The maximum Gasteiger partial charge on any atom is 0.302 e. The van der Waals surface area contributed by atoms with Crippen molar-refractivity contribution in [3.63, 3.8) is 0 Å². The van der Waals surface area contributed by atoms with E-state index in [0.29, 0.717) is 26.9 Å². The molecule has 1 amide bonds. The fourth-order valence-electron chi connectivity index (χ4n) is 2.03. The van der Waals surface area contributed by atoms with E-state index in [1.165, 1.54) is 0 Å². The molecule has 0 bridgehead atoms. The molecule has 5 nitrogen and oxygen atoms in total. The third-order valence-electron chi connectivity index (χ3n) is 3.09. The van der Waals surface area contributed by atoms with Crippen molar-refractivity contribution in [2.75, 3.05) is 11.9 Å². The minimum Gasteiger partial charge on any atom is -0.483 e. The first kappa shape index (κ1) is 15.6. The SMILES string of the molecule is Cc1cc(Cl)ccc1OCC(=O)Nc1nc2cc(Cl)ccc2o1. The van der Waals surface area contributed by atoms with Crippen molar-refractivity contribution in [1.29, 1.82) is 0 Å². The normalized spacial score (nSPS) is 10.7. The standard InChI is InChI=1S/C16H12Cl2N2O3/c1-9-6-10(17)2-4-13(9)22-8-15(21)20-16-19-12-7-11(18)3-5-14(12)23-16/h2-7H,8H2,1H3,(H,19,20,21). The van der Waals surface area contributed by atoms with Crippen molar-refractivity contribution < 1.29 is 13.9 Å². The van der Waals surface area contributed by atoms with Crippen LogP contribution in [0.25, 0.3) is 11.1 Å². The number of carbonyl (C=O) groups excluding carboxylic acids is 1. The van der Waals surface area contributed by atoms with Crippen LogP contribution in [0.15, 0.2) is 40.8 Å². The van der Waals surface area contributed by atoms with E-state index in [0.717, 1.165) is 5.56 Å². The van der Waals surface area contributed by atoms with Crippen molar-refractivity contribution in [3.8, 4) is 5.75 Å². The van der Waals surface area contributed by atoms with Gasteiger partial charge < -0.3 is 9.15 Å². The molecule has 0 aliphatic heterocycles. The van der Waals surface area contributed by atoms with Crippen LogP contribution >= 0.6 is 23.2 Å². The summed E-state index contributed by atoms with van der Waals surface area (Å²) in [6.45, 7) is 1.69. The van der Waals surface area contributed by atoms with Crippen LogP contribution in [0.4, 0.5) is 6.01 Å². The minimum atomic E-state index is -0.378. The number of oxazole rings is 1. The summed E-state index contributed by atoms with van der Waals surface area (Å²) in [4.78, 5) is 16.1. The average Bonchev–Trinajstić information content (AvgIpc) is 2.87. The third-order valence-corrected chi connectivity index (χ3v) is 3.56. The van der Waals surface area contributed by atoms with E-state index in [1.807, 2.05) is 6.92 Å². The molecule has 3 aromatic rings. The molecule has 1 N–H and O–H groups in total. The lowest BCUT2D eigenvalue weighted by atomic mass is 10.2. The van der Waals surface area contributed by atoms with E-state index < -0.39 is 0 Å². The molecule has 118 valence electrons. The Morgan fingerprint density at radius 3 is 2.74 bits per heavy atom. The Morgan fingerprint density at radius 2 is 1.96 bits per heavy atom. The lowest BCUT2D eigenvalue weighted by molar-refractivity contribution is -0.118. The van der Waals surface area contributed by atoms with Crippen molar-refractivity contribution >= 4 is 46.2 Å². The summed E-state index contributed by atoms with van der Waals surface area (Å²) < 4.78 is 10.9. The molecule has 2 aromatic carbocycles. The van der Waals surface area contributed by atoms with Crippen LogP contribution < -0.4 is 10.1 Å². The predicted molar refractivity (Wildman–Crippen MR) is 89.3 cm³/mol. The number of aryl methyl sites for hydroxylation is 1. The summed E-state index contributed by atoms with van der Waals surface area (Å²) in [5.74, 6) is 0.214. The Kier molecular flexibility index (Phi) is 4.41. The van der Waals surface area contributed by atoms with E-state index in [4.69, 9.17) is 32.4 Å². The number of halogens is 2. The number of anilines is 1. The summed E-state index contributed by atoms with van der Waals surface area (Å²) >= 11 is 11.8. The number of nitrogens with one attached hydrogen (secondary N) is 1. The van der Waals surface area contributed by atoms with E-state index in [1.54, 1.807) is 36.4 Å². The molecule has 0 atom stereocenters. The molecule has 23 heavy (non-hydrogen) atoms. The second kappa shape index (κ2) is 6.48. The van der Waals surface area contributed by atoms with Gasteiger partial charge in [-0.15, -0.1) is 0 Å². The van der Waals surface area contributed by atoms with Gasteiger partial charge in [0.1, 0.15) is 11.3 Å². The quantitative estimate of drug-likeness (QED) is 0.754. The van der Waals surface area contributed by atoms with Gasteiger partial charge in [-0.25, -0.2) is 0 Å². The molecule has 7 heteroatoms. The highest BCUT2D eigenvalue weighted by atomic mass is 35.5. The first-order chi connectivity index (χ1) is 11.0. The van der Waals surface area contributed by atoms with Gasteiger partial charge in [-0.2, -0.15) is 4.98 Å². The number of rotatable bonds is 4. The van der Waals surface area contributed by atoms with Crippen molar-refractivity contribution in [2.24, 2.45) is 0 Å². The number of ether oxygens (including phenoxy) is 1. The number of hydrogen-bond donors (Lipinski definition) is 1. The molecule has 0 fully saturated rings. The Balaban J connectivity index is 1.64.